The average Bonchev–Trinajstić information content (AvgIpc) is 2.71. The minimum absolute atomic E-state index is 0.0377. The van der Waals surface area contributed by atoms with Crippen LogP contribution in [0.5, 0.6) is 0 Å². The normalized spacial score (nSPS) is 14.8. The molecule has 0 saturated carbocycles. The predicted molar refractivity (Wildman–Crippen MR) is 125 cm³/mol. The lowest BCUT2D eigenvalue weighted by molar-refractivity contribution is -0.144. The summed E-state index contributed by atoms with van der Waals surface area (Å²) in [5.41, 5.74) is -1.25. The van der Waals surface area contributed by atoms with Gasteiger partial charge < -0.3 is 25.2 Å². The topological polar surface area (TPSA) is 114 Å². The van der Waals surface area contributed by atoms with Gasteiger partial charge in [-0.25, -0.2) is 4.79 Å². The minimum Gasteiger partial charge on any atom is -0.480 e. The largest absolute Gasteiger partial charge is 0.480 e. The number of hydrogen-bond acceptors (Lipinski definition) is 5. The van der Waals surface area contributed by atoms with Gasteiger partial charge in [0, 0.05) is 12.0 Å². The van der Waals surface area contributed by atoms with Crippen molar-refractivity contribution in [3.05, 3.63) is 0 Å². The second kappa shape index (κ2) is 14.5. The Morgan fingerprint density at radius 1 is 0.906 bits per heavy atom. The van der Waals surface area contributed by atoms with Crippen LogP contribution in [-0.2, 0) is 23.9 Å². The van der Waals surface area contributed by atoms with Crippen LogP contribution in [0, 0.1) is 22.7 Å². The number of carbonyl (C=O) groups is 3. The molecule has 0 aliphatic rings. The van der Waals surface area contributed by atoms with Crippen molar-refractivity contribution in [1.29, 1.82) is 0 Å². The molecule has 0 heterocycles. The predicted octanol–water partition coefficient (Wildman–Crippen LogP) is 3.24. The van der Waals surface area contributed by atoms with Crippen LogP contribution in [0.2, 0.25) is 0 Å². The van der Waals surface area contributed by atoms with E-state index >= 15 is 0 Å². The van der Waals surface area contributed by atoms with Crippen LogP contribution in [0.25, 0.3) is 0 Å². The molecule has 32 heavy (non-hydrogen) atoms. The fourth-order valence-corrected chi connectivity index (χ4v) is 2.99. The minimum atomic E-state index is -1.02. The zero-order chi connectivity index (χ0) is 24.9. The van der Waals surface area contributed by atoms with E-state index in [2.05, 4.69) is 10.6 Å². The SMILES string of the molecule is CCC(C)(C(=O)NCCOCCOCC(C)(C)C(=O)N[C@@H](CCC(C)C)C(=O)O)C(C)C. The summed E-state index contributed by atoms with van der Waals surface area (Å²) in [5, 5.41) is 14.9. The van der Waals surface area contributed by atoms with Crippen molar-refractivity contribution in [2.45, 2.75) is 80.7 Å². The summed E-state index contributed by atoms with van der Waals surface area (Å²) < 4.78 is 11.1. The summed E-state index contributed by atoms with van der Waals surface area (Å²) in [6.45, 7) is 17.2. The third kappa shape index (κ3) is 10.8. The smallest absolute Gasteiger partial charge is 0.326 e. The van der Waals surface area contributed by atoms with E-state index in [1.165, 1.54) is 0 Å². The molecule has 2 atom stereocenters. The first-order valence-electron chi connectivity index (χ1n) is 11.8. The molecule has 0 aromatic rings. The molecule has 0 spiro atoms. The maximum Gasteiger partial charge on any atom is 0.326 e. The number of carboxylic acids is 1. The first-order chi connectivity index (χ1) is 14.8. The molecular formula is C24H46N2O6. The zero-order valence-electron chi connectivity index (χ0n) is 21.4. The van der Waals surface area contributed by atoms with Gasteiger partial charge in [0.15, 0.2) is 0 Å². The number of carboxylic acid groups (broad SMARTS) is 1. The van der Waals surface area contributed by atoms with Crippen molar-refractivity contribution in [2.24, 2.45) is 22.7 Å². The molecule has 8 heteroatoms. The van der Waals surface area contributed by atoms with Crippen molar-refractivity contribution < 1.29 is 29.0 Å². The highest BCUT2D eigenvalue weighted by Gasteiger charge is 2.34. The first kappa shape index (κ1) is 30.3. The molecule has 1 unspecified atom stereocenters. The molecule has 0 bridgehead atoms. The summed E-state index contributed by atoms with van der Waals surface area (Å²) in [4.78, 5) is 36.3. The molecule has 3 N–H and O–H groups in total. The van der Waals surface area contributed by atoms with E-state index < -0.39 is 17.4 Å². The molecule has 188 valence electrons. The second-order valence-electron chi connectivity index (χ2n) is 10.1. The second-order valence-corrected chi connectivity index (χ2v) is 10.1. The Hall–Kier alpha value is -1.67. The average molecular weight is 459 g/mol. The van der Waals surface area contributed by atoms with Crippen LogP contribution in [0.4, 0.5) is 0 Å². The molecule has 0 aliphatic heterocycles. The first-order valence-corrected chi connectivity index (χ1v) is 11.8. The Kier molecular flexibility index (Phi) is 13.7. The molecule has 8 nitrogen and oxygen atoms in total. The molecule has 0 rings (SSSR count). The molecule has 0 aliphatic carbocycles. The summed E-state index contributed by atoms with van der Waals surface area (Å²) in [6.07, 6.45) is 1.90. The Labute approximate surface area is 194 Å². The standard InChI is InChI=1S/C24H46N2O6/c1-9-24(8,18(4)5)22(30)25-12-13-31-14-15-32-16-23(6,7)21(29)26-19(20(27)28)11-10-17(2)3/h17-19H,9-16H2,1-8H3,(H,25,30)(H,26,29)(H,27,28)/t19-,24?/m0/s1. The summed E-state index contributed by atoms with van der Waals surface area (Å²) in [5.74, 6) is -0.714. The van der Waals surface area contributed by atoms with Gasteiger partial charge in [-0.1, -0.05) is 41.5 Å². The van der Waals surface area contributed by atoms with Crippen LogP contribution in [0.15, 0.2) is 0 Å². The van der Waals surface area contributed by atoms with Gasteiger partial charge >= 0.3 is 5.97 Å². The Morgan fingerprint density at radius 2 is 1.50 bits per heavy atom. The van der Waals surface area contributed by atoms with E-state index in [1.54, 1.807) is 13.8 Å². The lowest BCUT2D eigenvalue weighted by Gasteiger charge is -2.31. The van der Waals surface area contributed by atoms with Gasteiger partial charge in [0.1, 0.15) is 6.04 Å². The Morgan fingerprint density at radius 3 is 2.00 bits per heavy atom. The van der Waals surface area contributed by atoms with Crippen molar-refractivity contribution in [3.8, 4) is 0 Å². The van der Waals surface area contributed by atoms with Gasteiger partial charge in [0.25, 0.3) is 0 Å². The monoisotopic (exact) mass is 458 g/mol. The van der Waals surface area contributed by atoms with Crippen LogP contribution >= 0.6 is 0 Å². The lowest BCUT2D eigenvalue weighted by Crippen LogP contribution is -2.48. The van der Waals surface area contributed by atoms with Crippen molar-refractivity contribution in [2.75, 3.05) is 33.0 Å². The highest BCUT2D eigenvalue weighted by Crippen LogP contribution is 2.30. The Bertz CT molecular complexity index is 591. The molecule has 0 aromatic carbocycles. The molecule has 0 saturated heterocycles. The van der Waals surface area contributed by atoms with Gasteiger partial charge in [-0.05, 0) is 44.9 Å². The summed E-state index contributed by atoms with van der Waals surface area (Å²) >= 11 is 0. The van der Waals surface area contributed by atoms with E-state index in [0.717, 1.165) is 12.8 Å². The number of nitrogens with one attached hydrogen (secondary N) is 2. The van der Waals surface area contributed by atoms with E-state index in [0.29, 0.717) is 38.7 Å². The fraction of sp³-hybridized carbons (Fsp3) is 0.875. The number of hydrogen-bond donors (Lipinski definition) is 3. The fourth-order valence-electron chi connectivity index (χ4n) is 2.99. The van der Waals surface area contributed by atoms with E-state index in [4.69, 9.17) is 9.47 Å². The third-order valence-electron chi connectivity index (χ3n) is 6.15. The van der Waals surface area contributed by atoms with Gasteiger partial charge in [-0.2, -0.15) is 0 Å². The van der Waals surface area contributed by atoms with Crippen molar-refractivity contribution >= 4 is 17.8 Å². The van der Waals surface area contributed by atoms with E-state index in [1.807, 2.05) is 41.5 Å². The molecule has 0 radical (unpaired) electrons. The highest BCUT2D eigenvalue weighted by atomic mass is 16.5. The van der Waals surface area contributed by atoms with Crippen molar-refractivity contribution in [1.82, 2.24) is 10.6 Å². The van der Waals surface area contributed by atoms with Gasteiger partial charge in [0.05, 0.1) is 31.8 Å². The highest BCUT2D eigenvalue weighted by molar-refractivity contribution is 5.87. The van der Waals surface area contributed by atoms with Crippen LogP contribution in [-0.4, -0.2) is 61.9 Å². The summed E-state index contributed by atoms with van der Waals surface area (Å²) in [7, 11) is 0. The van der Waals surface area contributed by atoms with Gasteiger partial charge in [-0.3, -0.25) is 9.59 Å². The van der Waals surface area contributed by atoms with Gasteiger partial charge in [0.2, 0.25) is 11.8 Å². The molecular weight excluding hydrogens is 412 g/mol. The maximum atomic E-state index is 12.5. The number of rotatable bonds is 17. The number of amides is 2. The molecule has 2 amide bonds. The summed E-state index contributed by atoms with van der Waals surface area (Å²) in [6, 6.07) is -0.895. The molecule has 0 aromatic heterocycles. The quantitative estimate of drug-likeness (QED) is 0.288. The lowest BCUT2D eigenvalue weighted by atomic mass is 9.76. The van der Waals surface area contributed by atoms with Crippen molar-refractivity contribution in [3.63, 3.8) is 0 Å². The third-order valence-corrected chi connectivity index (χ3v) is 6.15. The maximum absolute atomic E-state index is 12.5. The number of carbonyl (C=O) groups excluding carboxylic acids is 2. The van der Waals surface area contributed by atoms with Crippen LogP contribution in [0.1, 0.15) is 74.7 Å². The van der Waals surface area contributed by atoms with Gasteiger partial charge in [-0.15, -0.1) is 0 Å². The van der Waals surface area contributed by atoms with E-state index in [9.17, 15) is 19.5 Å². The van der Waals surface area contributed by atoms with Crippen LogP contribution in [0.3, 0.4) is 0 Å². The number of aliphatic carboxylic acids is 1. The van der Waals surface area contributed by atoms with E-state index in [-0.39, 0.29) is 29.8 Å². The zero-order valence-corrected chi connectivity index (χ0v) is 21.4. The molecule has 0 fully saturated rings. The number of ether oxygens (including phenoxy) is 2. The van der Waals surface area contributed by atoms with Crippen LogP contribution < -0.4 is 10.6 Å². The Balaban J connectivity index is 4.19.